The zero-order chi connectivity index (χ0) is 14.3. The number of carbonyl (C=O) groups excluding carboxylic acids is 2. The van der Waals surface area contributed by atoms with Crippen LogP contribution in [0.5, 0.6) is 5.75 Å². The number of hydrogen-bond acceptors (Lipinski definition) is 4. The molecule has 3 rings (SSSR count). The van der Waals surface area contributed by atoms with E-state index >= 15 is 0 Å². The average molecular weight is 287 g/mol. The monoisotopic (exact) mass is 287 g/mol. The number of benzene rings is 2. The molecule has 0 saturated heterocycles. The van der Waals surface area contributed by atoms with Crippen molar-refractivity contribution in [2.45, 2.75) is 0 Å². The number of carbonyl (C=O) groups is 2. The Balaban J connectivity index is 2.33. The standard InChI is InChI=1S/C15H13NO3S/c1-19-12-6-5-11-13-9(12)3-2-4-10(13)14(17)16(7-8-20)15(11)18/h2-6,20H,7-8H2,1H3. The molecule has 1 aliphatic heterocycles. The molecule has 0 radical (unpaired) electrons. The maximum absolute atomic E-state index is 12.4. The van der Waals surface area contributed by atoms with Crippen molar-refractivity contribution in [3.05, 3.63) is 41.5 Å². The third-order valence-electron chi connectivity index (χ3n) is 3.50. The molecule has 2 aromatic rings. The van der Waals surface area contributed by atoms with E-state index in [0.29, 0.717) is 34.6 Å². The number of nitrogens with zero attached hydrogens (tertiary/aromatic N) is 1. The average Bonchev–Trinajstić information content (AvgIpc) is 2.48. The molecule has 0 fully saturated rings. The van der Waals surface area contributed by atoms with Gasteiger partial charge in [-0.05, 0) is 18.2 Å². The molecule has 1 heterocycles. The fraction of sp³-hybridized carbons (Fsp3) is 0.200. The molecule has 2 amide bonds. The van der Waals surface area contributed by atoms with Gasteiger partial charge < -0.3 is 4.74 Å². The Hall–Kier alpha value is -2.01. The van der Waals surface area contributed by atoms with Crippen LogP contribution in [0, 0.1) is 0 Å². The Labute approximate surface area is 121 Å². The van der Waals surface area contributed by atoms with E-state index in [1.165, 1.54) is 4.90 Å². The Morgan fingerprint density at radius 2 is 1.80 bits per heavy atom. The topological polar surface area (TPSA) is 46.6 Å². The van der Waals surface area contributed by atoms with Gasteiger partial charge in [0.15, 0.2) is 0 Å². The van der Waals surface area contributed by atoms with E-state index in [1.807, 2.05) is 6.07 Å². The lowest BCUT2D eigenvalue weighted by Gasteiger charge is -2.27. The largest absolute Gasteiger partial charge is 0.496 e. The maximum atomic E-state index is 12.4. The second-order valence-corrected chi connectivity index (χ2v) is 4.98. The zero-order valence-corrected chi connectivity index (χ0v) is 11.8. The van der Waals surface area contributed by atoms with Crippen molar-refractivity contribution in [1.29, 1.82) is 0 Å². The number of rotatable bonds is 3. The summed E-state index contributed by atoms with van der Waals surface area (Å²) < 4.78 is 5.30. The van der Waals surface area contributed by atoms with E-state index in [0.717, 1.165) is 5.39 Å². The summed E-state index contributed by atoms with van der Waals surface area (Å²) in [5.74, 6) is 0.568. The van der Waals surface area contributed by atoms with Gasteiger partial charge in [-0.1, -0.05) is 12.1 Å². The van der Waals surface area contributed by atoms with Gasteiger partial charge in [0.1, 0.15) is 5.75 Å². The van der Waals surface area contributed by atoms with Crippen LogP contribution in [0.1, 0.15) is 20.7 Å². The second-order valence-electron chi connectivity index (χ2n) is 4.53. The van der Waals surface area contributed by atoms with Crippen LogP contribution in [0.4, 0.5) is 0 Å². The van der Waals surface area contributed by atoms with E-state index in [2.05, 4.69) is 12.6 Å². The second kappa shape index (κ2) is 4.83. The SMILES string of the molecule is COc1ccc2c3c(cccc13)C(=O)N(CCS)C2=O. The normalized spacial score (nSPS) is 14.0. The first-order chi connectivity index (χ1) is 9.69. The molecule has 4 nitrogen and oxygen atoms in total. The first-order valence-electron chi connectivity index (χ1n) is 6.25. The highest BCUT2D eigenvalue weighted by atomic mass is 32.1. The summed E-state index contributed by atoms with van der Waals surface area (Å²) in [5, 5.41) is 1.46. The highest BCUT2D eigenvalue weighted by molar-refractivity contribution is 7.80. The predicted molar refractivity (Wildman–Crippen MR) is 79.7 cm³/mol. The maximum Gasteiger partial charge on any atom is 0.261 e. The van der Waals surface area contributed by atoms with Crippen molar-refractivity contribution >= 4 is 35.2 Å². The minimum absolute atomic E-state index is 0.268. The van der Waals surface area contributed by atoms with Crippen molar-refractivity contribution in [2.24, 2.45) is 0 Å². The molecule has 0 N–H and O–H groups in total. The molecule has 20 heavy (non-hydrogen) atoms. The van der Waals surface area contributed by atoms with Crippen LogP contribution < -0.4 is 4.74 Å². The lowest BCUT2D eigenvalue weighted by atomic mass is 9.93. The fourth-order valence-corrected chi connectivity index (χ4v) is 2.80. The number of thiol groups is 1. The lowest BCUT2D eigenvalue weighted by Crippen LogP contribution is -2.41. The molecule has 0 spiro atoms. The van der Waals surface area contributed by atoms with Crippen LogP contribution >= 0.6 is 12.6 Å². The minimum Gasteiger partial charge on any atom is -0.496 e. The van der Waals surface area contributed by atoms with Gasteiger partial charge >= 0.3 is 0 Å². The van der Waals surface area contributed by atoms with E-state index < -0.39 is 0 Å². The zero-order valence-electron chi connectivity index (χ0n) is 10.9. The van der Waals surface area contributed by atoms with Gasteiger partial charge in [-0.2, -0.15) is 12.6 Å². The number of ether oxygens (including phenoxy) is 1. The molecule has 1 aliphatic rings. The van der Waals surface area contributed by atoms with Crippen molar-refractivity contribution in [3.8, 4) is 5.75 Å². The van der Waals surface area contributed by atoms with Crippen LogP contribution in [0.2, 0.25) is 0 Å². The molecule has 5 heteroatoms. The quantitative estimate of drug-likeness (QED) is 0.696. The Morgan fingerprint density at radius 3 is 2.45 bits per heavy atom. The number of hydrogen-bond donors (Lipinski definition) is 1. The third-order valence-corrected chi connectivity index (χ3v) is 3.70. The summed E-state index contributed by atoms with van der Waals surface area (Å²) in [7, 11) is 1.57. The molecule has 0 aliphatic carbocycles. The highest BCUT2D eigenvalue weighted by Crippen LogP contribution is 2.35. The smallest absolute Gasteiger partial charge is 0.261 e. The van der Waals surface area contributed by atoms with E-state index in [9.17, 15) is 9.59 Å². The van der Waals surface area contributed by atoms with Crippen LogP contribution in [0.15, 0.2) is 30.3 Å². The van der Waals surface area contributed by atoms with Gasteiger partial charge in [0.2, 0.25) is 0 Å². The molecular weight excluding hydrogens is 274 g/mol. The van der Waals surface area contributed by atoms with Crippen molar-refractivity contribution in [3.63, 3.8) is 0 Å². The fourth-order valence-electron chi connectivity index (χ4n) is 2.60. The van der Waals surface area contributed by atoms with E-state index in [1.54, 1.807) is 31.4 Å². The predicted octanol–water partition coefficient (Wildman–Crippen LogP) is 2.37. The molecule has 0 unspecified atom stereocenters. The summed E-state index contributed by atoms with van der Waals surface area (Å²) in [6.45, 7) is 0.308. The van der Waals surface area contributed by atoms with Crippen molar-refractivity contribution in [1.82, 2.24) is 4.90 Å². The summed E-state index contributed by atoms with van der Waals surface area (Å²) >= 11 is 4.11. The van der Waals surface area contributed by atoms with Crippen LogP contribution in [-0.4, -0.2) is 36.1 Å². The highest BCUT2D eigenvalue weighted by Gasteiger charge is 2.32. The van der Waals surface area contributed by atoms with Gasteiger partial charge in [0, 0.05) is 34.2 Å². The molecule has 2 aromatic carbocycles. The molecule has 0 saturated carbocycles. The molecule has 0 atom stereocenters. The number of amides is 2. The Kier molecular flexibility index (Phi) is 3.14. The summed E-state index contributed by atoms with van der Waals surface area (Å²) in [5.41, 5.74) is 1.08. The van der Waals surface area contributed by atoms with E-state index in [4.69, 9.17) is 4.74 Å². The van der Waals surface area contributed by atoms with Crippen molar-refractivity contribution in [2.75, 3.05) is 19.4 Å². The van der Waals surface area contributed by atoms with Gasteiger partial charge in [0.25, 0.3) is 11.8 Å². The van der Waals surface area contributed by atoms with Gasteiger partial charge in [0.05, 0.1) is 7.11 Å². The number of methoxy groups -OCH3 is 1. The Morgan fingerprint density at radius 1 is 1.10 bits per heavy atom. The Bertz CT molecular complexity index is 704. The van der Waals surface area contributed by atoms with Crippen molar-refractivity contribution < 1.29 is 14.3 Å². The first kappa shape index (κ1) is 13.0. The minimum atomic E-state index is -0.268. The van der Waals surface area contributed by atoms with Gasteiger partial charge in [-0.3, -0.25) is 14.5 Å². The van der Waals surface area contributed by atoms with Gasteiger partial charge in [-0.25, -0.2) is 0 Å². The first-order valence-corrected chi connectivity index (χ1v) is 6.89. The van der Waals surface area contributed by atoms with Crippen LogP contribution in [-0.2, 0) is 0 Å². The molecular formula is C15H13NO3S. The molecule has 0 aromatic heterocycles. The molecule has 0 bridgehead atoms. The summed E-state index contributed by atoms with van der Waals surface area (Å²) in [6.07, 6.45) is 0. The van der Waals surface area contributed by atoms with Crippen LogP contribution in [0.3, 0.4) is 0 Å². The lowest BCUT2D eigenvalue weighted by molar-refractivity contribution is 0.0621. The van der Waals surface area contributed by atoms with E-state index in [-0.39, 0.29) is 11.8 Å². The van der Waals surface area contributed by atoms with Gasteiger partial charge in [-0.15, -0.1) is 0 Å². The summed E-state index contributed by atoms with van der Waals surface area (Å²) in [6, 6.07) is 8.87. The third kappa shape index (κ3) is 1.70. The molecule has 102 valence electrons. The number of imide groups is 1. The summed E-state index contributed by atoms with van der Waals surface area (Å²) in [4.78, 5) is 26.1. The van der Waals surface area contributed by atoms with Crippen LogP contribution in [0.25, 0.3) is 10.8 Å².